The van der Waals surface area contributed by atoms with E-state index >= 15 is 0 Å². The number of aryl methyl sites for hydroxylation is 1. The summed E-state index contributed by atoms with van der Waals surface area (Å²) in [5.41, 5.74) is 2.74. The van der Waals surface area contributed by atoms with Crippen LogP contribution >= 0.6 is 11.6 Å². The topological polar surface area (TPSA) is 61.4 Å². The molecular formula is C23H27ClFN3O2. The Kier molecular flexibility index (Phi) is 8.08. The molecule has 5 nitrogen and oxygen atoms in total. The molecule has 0 aliphatic carbocycles. The van der Waals surface area contributed by atoms with Gasteiger partial charge in [0.05, 0.1) is 5.02 Å². The second kappa shape index (κ2) is 11.0. The van der Waals surface area contributed by atoms with Gasteiger partial charge in [-0.3, -0.25) is 9.59 Å². The molecule has 160 valence electrons. The zero-order chi connectivity index (χ0) is 21.3. The number of amides is 2. The maximum Gasteiger partial charge on any atom is 0.313 e. The smallest absolute Gasteiger partial charge is 0.313 e. The monoisotopic (exact) mass is 431 g/mol. The van der Waals surface area contributed by atoms with Crippen LogP contribution in [0.4, 0.5) is 15.8 Å². The van der Waals surface area contributed by atoms with Crippen molar-refractivity contribution in [1.82, 2.24) is 5.32 Å². The predicted molar refractivity (Wildman–Crippen MR) is 118 cm³/mol. The largest absolute Gasteiger partial charge is 0.372 e. The van der Waals surface area contributed by atoms with Crippen molar-refractivity contribution in [2.24, 2.45) is 0 Å². The molecule has 2 N–H and O–H groups in total. The quantitative estimate of drug-likeness (QED) is 0.521. The highest BCUT2D eigenvalue weighted by molar-refractivity contribution is 6.39. The van der Waals surface area contributed by atoms with E-state index in [1.807, 2.05) is 0 Å². The second-order valence-corrected chi connectivity index (χ2v) is 7.92. The summed E-state index contributed by atoms with van der Waals surface area (Å²) in [6.45, 7) is 2.64. The van der Waals surface area contributed by atoms with Crippen molar-refractivity contribution in [2.75, 3.05) is 29.9 Å². The van der Waals surface area contributed by atoms with Gasteiger partial charge in [0.15, 0.2) is 0 Å². The maximum atomic E-state index is 13.1. The first-order valence-corrected chi connectivity index (χ1v) is 10.8. The van der Waals surface area contributed by atoms with Crippen LogP contribution in [0.3, 0.4) is 0 Å². The fourth-order valence-corrected chi connectivity index (χ4v) is 3.72. The van der Waals surface area contributed by atoms with Crippen LogP contribution in [0.1, 0.15) is 37.7 Å². The zero-order valence-electron chi connectivity index (χ0n) is 16.9. The Balaban J connectivity index is 1.39. The van der Waals surface area contributed by atoms with Crippen molar-refractivity contribution in [1.29, 1.82) is 0 Å². The summed E-state index contributed by atoms with van der Waals surface area (Å²) in [4.78, 5) is 26.3. The molecule has 0 bridgehead atoms. The molecular weight excluding hydrogens is 405 g/mol. The van der Waals surface area contributed by atoms with Gasteiger partial charge in [0, 0.05) is 31.0 Å². The average molecular weight is 432 g/mol. The molecule has 1 fully saturated rings. The number of carbonyl (C=O) groups is 2. The van der Waals surface area contributed by atoms with E-state index in [1.165, 1.54) is 49.1 Å². The van der Waals surface area contributed by atoms with Crippen LogP contribution in [0.15, 0.2) is 42.5 Å². The number of anilines is 2. The lowest BCUT2D eigenvalue weighted by atomic mass is 10.1. The van der Waals surface area contributed by atoms with Gasteiger partial charge in [0.2, 0.25) is 0 Å². The molecule has 2 aromatic carbocycles. The van der Waals surface area contributed by atoms with Crippen molar-refractivity contribution < 1.29 is 14.0 Å². The van der Waals surface area contributed by atoms with Gasteiger partial charge in [-0.2, -0.15) is 0 Å². The highest BCUT2D eigenvalue weighted by Crippen LogP contribution is 2.21. The molecule has 0 spiro atoms. The van der Waals surface area contributed by atoms with E-state index in [0.717, 1.165) is 32.0 Å². The minimum absolute atomic E-state index is 0.116. The van der Waals surface area contributed by atoms with Gasteiger partial charge >= 0.3 is 11.8 Å². The van der Waals surface area contributed by atoms with Crippen molar-refractivity contribution in [3.63, 3.8) is 0 Å². The summed E-state index contributed by atoms with van der Waals surface area (Å²) in [6, 6.07) is 12.3. The van der Waals surface area contributed by atoms with Gasteiger partial charge in [-0.1, -0.05) is 36.6 Å². The van der Waals surface area contributed by atoms with Gasteiger partial charge in [0.25, 0.3) is 0 Å². The van der Waals surface area contributed by atoms with Crippen LogP contribution < -0.4 is 15.5 Å². The van der Waals surface area contributed by atoms with Crippen LogP contribution in [-0.2, 0) is 16.0 Å². The minimum Gasteiger partial charge on any atom is -0.372 e. The summed E-state index contributed by atoms with van der Waals surface area (Å²) >= 11 is 5.67. The van der Waals surface area contributed by atoms with Crippen LogP contribution in [0.25, 0.3) is 0 Å². The lowest BCUT2D eigenvalue weighted by molar-refractivity contribution is -0.136. The Morgan fingerprint density at radius 3 is 2.33 bits per heavy atom. The number of hydrogen-bond donors (Lipinski definition) is 2. The van der Waals surface area contributed by atoms with Crippen LogP contribution in [0.2, 0.25) is 5.02 Å². The first kappa shape index (κ1) is 22.1. The molecule has 0 unspecified atom stereocenters. The van der Waals surface area contributed by atoms with E-state index in [9.17, 15) is 14.0 Å². The molecule has 1 heterocycles. The lowest BCUT2D eigenvalue weighted by Gasteiger charge is -2.22. The number of benzene rings is 2. The summed E-state index contributed by atoms with van der Waals surface area (Å²) in [5, 5.41) is 4.89. The number of nitrogens with one attached hydrogen (secondary N) is 2. The predicted octanol–water partition coefficient (Wildman–Crippen LogP) is 4.55. The third-order valence-corrected chi connectivity index (χ3v) is 5.51. The summed E-state index contributed by atoms with van der Waals surface area (Å²) < 4.78 is 13.1. The summed E-state index contributed by atoms with van der Waals surface area (Å²) in [6.07, 6.45) is 6.68. The molecule has 7 heteroatoms. The number of hydrogen-bond acceptors (Lipinski definition) is 3. The van der Waals surface area contributed by atoms with E-state index in [1.54, 1.807) is 0 Å². The highest BCUT2D eigenvalue weighted by Gasteiger charge is 2.14. The lowest BCUT2D eigenvalue weighted by Crippen LogP contribution is -2.36. The van der Waals surface area contributed by atoms with E-state index in [4.69, 9.17) is 11.6 Å². The molecule has 0 atom stereocenters. The third-order valence-electron chi connectivity index (χ3n) is 5.22. The van der Waals surface area contributed by atoms with Crippen molar-refractivity contribution >= 4 is 34.8 Å². The molecule has 3 rings (SSSR count). The van der Waals surface area contributed by atoms with Gasteiger partial charge < -0.3 is 15.5 Å². The Hall–Kier alpha value is -2.60. The summed E-state index contributed by atoms with van der Waals surface area (Å²) in [7, 11) is 0. The van der Waals surface area contributed by atoms with Crippen LogP contribution in [-0.4, -0.2) is 31.4 Å². The Labute approximate surface area is 181 Å². The number of rotatable bonds is 6. The van der Waals surface area contributed by atoms with Crippen LogP contribution in [0, 0.1) is 5.82 Å². The number of halogens is 2. The normalized spacial score (nSPS) is 14.1. The fourth-order valence-electron chi connectivity index (χ4n) is 3.54. The van der Waals surface area contributed by atoms with Gasteiger partial charge in [-0.25, -0.2) is 4.39 Å². The molecule has 0 aromatic heterocycles. The van der Waals surface area contributed by atoms with Gasteiger partial charge in [-0.05, 0) is 61.6 Å². The third kappa shape index (κ3) is 6.46. The molecule has 2 amide bonds. The van der Waals surface area contributed by atoms with Crippen molar-refractivity contribution in [2.45, 2.75) is 38.5 Å². The highest BCUT2D eigenvalue weighted by atomic mass is 35.5. The first-order valence-electron chi connectivity index (χ1n) is 10.4. The second-order valence-electron chi connectivity index (χ2n) is 7.51. The zero-order valence-corrected chi connectivity index (χ0v) is 17.7. The standard InChI is InChI=1S/C23H27ClFN3O2/c24-20-16-18(9-12-21(20)25)27-23(30)22(29)26-13-5-6-17-7-10-19(11-8-17)28-14-3-1-2-4-15-28/h7-12,16H,1-6,13-15H2,(H,26,29)(H,27,30). The molecule has 2 aromatic rings. The molecule has 1 saturated heterocycles. The van der Waals surface area contributed by atoms with Gasteiger partial charge in [0.1, 0.15) is 5.82 Å². The molecule has 0 saturated carbocycles. The number of nitrogens with zero attached hydrogens (tertiary/aromatic N) is 1. The van der Waals surface area contributed by atoms with Crippen molar-refractivity contribution in [3.05, 3.63) is 58.9 Å². The van der Waals surface area contributed by atoms with E-state index < -0.39 is 17.6 Å². The van der Waals surface area contributed by atoms with Gasteiger partial charge in [-0.15, -0.1) is 0 Å². The summed E-state index contributed by atoms with van der Waals surface area (Å²) in [5.74, 6) is -2.12. The minimum atomic E-state index is -0.806. The molecule has 1 aliphatic rings. The SMILES string of the molecule is O=C(NCCCc1ccc(N2CCCCCC2)cc1)C(=O)Nc1ccc(F)c(Cl)c1. The Morgan fingerprint density at radius 2 is 1.67 bits per heavy atom. The Bertz CT molecular complexity index is 865. The maximum absolute atomic E-state index is 13.1. The number of carbonyl (C=O) groups excluding carboxylic acids is 2. The average Bonchev–Trinajstić information content (AvgIpc) is 3.04. The first-order chi connectivity index (χ1) is 14.5. The van der Waals surface area contributed by atoms with Crippen molar-refractivity contribution in [3.8, 4) is 0 Å². The fraction of sp³-hybridized carbons (Fsp3) is 0.391. The van der Waals surface area contributed by atoms with E-state index in [0.29, 0.717) is 6.54 Å². The van der Waals surface area contributed by atoms with E-state index in [-0.39, 0.29) is 10.7 Å². The van der Waals surface area contributed by atoms with Crippen LogP contribution in [0.5, 0.6) is 0 Å². The molecule has 30 heavy (non-hydrogen) atoms. The Morgan fingerprint density at radius 1 is 0.967 bits per heavy atom. The molecule has 0 radical (unpaired) electrons. The molecule has 1 aliphatic heterocycles. The van der Waals surface area contributed by atoms with E-state index in [2.05, 4.69) is 39.8 Å².